The molecule has 102 valence electrons. The minimum Gasteiger partial charge on any atom is -0.314 e. The predicted molar refractivity (Wildman–Crippen MR) is 76.4 cm³/mol. The molecule has 2 nitrogen and oxygen atoms in total. The smallest absolute Gasteiger partial charge is 0.00817 e. The molecule has 2 atom stereocenters. The monoisotopic (exact) mass is 240 g/mol. The van der Waals surface area contributed by atoms with Crippen molar-refractivity contribution in [1.82, 2.24) is 10.6 Å². The van der Waals surface area contributed by atoms with Crippen LogP contribution in [0.1, 0.15) is 66.2 Å². The maximum absolute atomic E-state index is 3.70. The standard InChI is InChI=1S/C15H32N2/c1-5-15(3,4)12-17-13(2)11-14-9-7-6-8-10-16-14/h13-14,16-17H,5-12H2,1-4H3. The molecule has 0 spiro atoms. The Hall–Kier alpha value is -0.0800. The van der Waals surface area contributed by atoms with Gasteiger partial charge in [0.15, 0.2) is 0 Å². The summed E-state index contributed by atoms with van der Waals surface area (Å²) in [4.78, 5) is 0. The summed E-state index contributed by atoms with van der Waals surface area (Å²) >= 11 is 0. The van der Waals surface area contributed by atoms with E-state index in [1.165, 1.54) is 45.1 Å². The maximum Gasteiger partial charge on any atom is 0.00817 e. The molecular weight excluding hydrogens is 208 g/mol. The summed E-state index contributed by atoms with van der Waals surface area (Å²) in [6.45, 7) is 11.7. The second kappa shape index (κ2) is 7.38. The largest absolute Gasteiger partial charge is 0.314 e. The van der Waals surface area contributed by atoms with Crippen molar-refractivity contribution in [3.8, 4) is 0 Å². The van der Waals surface area contributed by atoms with Crippen LogP contribution in [0.5, 0.6) is 0 Å². The lowest BCUT2D eigenvalue weighted by atomic mass is 9.90. The minimum atomic E-state index is 0.436. The van der Waals surface area contributed by atoms with Crippen LogP contribution in [-0.4, -0.2) is 25.2 Å². The van der Waals surface area contributed by atoms with E-state index < -0.39 is 0 Å². The fourth-order valence-corrected chi connectivity index (χ4v) is 2.39. The van der Waals surface area contributed by atoms with Gasteiger partial charge in [-0.2, -0.15) is 0 Å². The van der Waals surface area contributed by atoms with Gasteiger partial charge in [-0.05, 0) is 44.6 Å². The Morgan fingerprint density at radius 2 is 2.06 bits per heavy atom. The molecule has 0 radical (unpaired) electrons. The molecular formula is C15H32N2. The average molecular weight is 240 g/mol. The first kappa shape index (κ1) is 15.0. The molecule has 0 saturated carbocycles. The number of nitrogens with one attached hydrogen (secondary N) is 2. The molecule has 1 aliphatic rings. The van der Waals surface area contributed by atoms with E-state index >= 15 is 0 Å². The van der Waals surface area contributed by atoms with E-state index in [-0.39, 0.29) is 0 Å². The van der Waals surface area contributed by atoms with Crippen molar-refractivity contribution >= 4 is 0 Å². The van der Waals surface area contributed by atoms with Crippen molar-refractivity contribution < 1.29 is 0 Å². The number of rotatable bonds is 6. The Balaban J connectivity index is 2.21. The van der Waals surface area contributed by atoms with Crippen LogP contribution in [0.2, 0.25) is 0 Å². The van der Waals surface area contributed by atoms with E-state index in [9.17, 15) is 0 Å². The van der Waals surface area contributed by atoms with Gasteiger partial charge in [-0.15, -0.1) is 0 Å². The molecule has 1 saturated heterocycles. The van der Waals surface area contributed by atoms with Crippen molar-refractivity contribution in [2.24, 2.45) is 5.41 Å². The molecule has 0 aromatic rings. The van der Waals surface area contributed by atoms with Gasteiger partial charge in [0, 0.05) is 18.6 Å². The maximum atomic E-state index is 3.70. The van der Waals surface area contributed by atoms with E-state index in [1.54, 1.807) is 0 Å². The third-order valence-electron chi connectivity index (χ3n) is 4.19. The molecule has 0 aromatic heterocycles. The average Bonchev–Trinajstić information content (AvgIpc) is 2.55. The lowest BCUT2D eigenvalue weighted by Crippen LogP contribution is -2.40. The second-order valence-corrected chi connectivity index (χ2v) is 6.54. The third kappa shape index (κ3) is 6.42. The summed E-state index contributed by atoms with van der Waals surface area (Å²) < 4.78 is 0. The van der Waals surface area contributed by atoms with E-state index in [1.807, 2.05) is 0 Å². The molecule has 2 unspecified atom stereocenters. The fourth-order valence-electron chi connectivity index (χ4n) is 2.39. The lowest BCUT2D eigenvalue weighted by Gasteiger charge is -2.27. The molecule has 1 aliphatic heterocycles. The van der Waals surface area contributed by atoms with Crippen LogP contribution in [0.4, 0.5) is 0 Å². The number of hydrogen-bond donors (Lipinski definition) is 2. The van der Waals surface area contributed by atoms with Gasteiger partial charge in [-0.3, -0.25) is 0 Å². The van der Waals surface area contributed by atoms with Crippen LogP contribution >= 0.6 is 0 Å². The highest BCUT2D eigenvalue weighted by molar-refractivity contribution is 4.78. The zero-order valence-corrected chi connectivity index (χ0v) is 12.3. The van der Waals surface area contributed by atoms with Crippen molar-refractivity contribution in [2.75, 3.05) is 13.1 Å². The Labute approximate surface area is 108 Å². The Morgan fingerprint density at radius 3 is 2.76 bits per heavy atom. The molecule has 1 fully saturated rings. The molecule has 1 rings (SSSR count). The van der Waals surface area contributed by atoms with Gasteiger partial charge in [-0.25, -0.2) is 0 Å². The number of hydrogen-bond acceptors (Lipinski definition) is 2. The first-order valence-electron chi connectivity index (χ1n) is 7.50. The molecule has 0 bridgehead atoms. The molecule has 0 aromatic carbocycles. The van der Waals surface area contributed by atoms with E-state index in [2.05, 4.69) is 38.3 Å². The minimum absolute atomic E-state index is 0.436. The van der Waals surface area contributed by atoms with Crippen LogP contribution in [0, 0.1) is 5.41 Å². The summed E-state index contributed by atoms with van der Waals surface area (Å²) in [7, 11) is 0. The van der Waals surface area contributed by atoms with Crippen LogP contribution in [0.3, 0.4) is 0 Å². The van der Waals surface area contributed by atoms with Gasteiger partial charge >= 0.3 is 0 Å². The van der Waals surface area contributed by atoms with Crippen LogP contribution in [-0.2, 0) is 0 Å². The van der Waals surface area contributed by atoms with Crippen LogP contribution in [0.15, 0.2) is 0 Å². The third-order valence-corrected chi connectivity index (χ3v) is 4.19. The van der Waals surface area contributed by atoms with Crippen molar-refractivity contribution in [2.45, 2.75) is 78.3 Å². The summed E-state index contributed by atoms with van der Waals surface area (Å²) in [5.41, 5.74) is 0.436. The molecule has 1 heterocycles. The van der Waals surface area contributed by atoms with Crippen LogP contribution in [0.25, 0.3) is 0 Å². The fraction of sp³-hybridized carbons (Fsp3) is 1.00. The highest BCUT2D eigenvalue weighted by Crippen LogP contribution is 2.19. The Kier molecular flexibility index (Phi) is 6.50. The van der Waals surface area contributed by atoms with Gasteiger partial charge < -0.3 is 10.6 Å². The highest BCUT2D eigenvalue weighted by Gasteiger charge is 2.18. The normalized spacial score (nSPS) is 24.4. The van der Waals surface area contributed by atoms with E-state index in [0.29, 0.717) is 11.5 Å². The SMILES string of the molecule is CCC(C)(C)CNC(C)CC1CCCCCN1. The zero-order valence-electron chi connectivity index (χ0n) is 12.3. The van der Waals surface area contributed by atoms with Gasteiger partial charge in [0.05, 0.1) is 0 Å². The molecule has 2 heteroatoms. The zero-order chi connectivity index (χ0) is 12.7. The highest BCUT2D eigenvalue weighted by atomic mass is 15.0. The van der Waals surface area contributed by atoms with E-state index in [0.717, 1.165) is 12.6 Å². The van der Waals surface area contributed by atoms with Crippen molar-refractivity contribution in [1.29, 1.82) is 0 Å². The summed E-state index contributed by atoms with van der Waals surface area (Å²) in [6, 6.07) is 1.38. The van der Waals surface area contributed by atoms with Gasteiger partial charge in [-0.1, -0.05) is 33.6 Å². The first-order valence-corrected chi connectivity index (χ1v) is 7.50. The predicted octanol–water partition coefficient (Wildman–Crippen LogP) is 3.32. The van der Waals surface area contributed by atoms with Crippen molar-refractivity contribution in [3.63, 3.8) is 0 Å². The first-order chi connectivity index (χ1) is 8.03. The molecule has 2 N–H and O–H groups in total. The molecule has 0 amide bonds. The van der Waals surface area contributed by atoms with Gasteiger partial charge in [0.2, 0.25) is 0 Å². The lowest BCUT2D eigenvalue weighted by molar-refractivity contribution is 0.297. The van der Waals surface area contributed by atoms with Gasteiger partial charge in [0.1, 0.15) is 0 Å². The Morgan fingerprint density at radius 1 is 1.29 bits per heavy atom. The topological polar surface area (TPSA) is 24.1 Å². The van der Waals surface area contributed by atoms with E-state index in [4.69, 9.17) is 0 Å². The quantitative estimate of drug-likeness (QED) is 0.744. The van der Waals surface area contributed by atoms with Crippen LogP contribution < -0.4 is 10.6 Å². The van der Waals surface area contributed by atoms with Crippen molar-refractivity contribution in [3.05, 3.63) is 0 Å². The molecule has 0 aliphatic carbocycles. The summed E-state index contributed by atoms with van der Waals surface area (Å²) in [6.07, 6.45) is 8.07. The second-order valence-electron chi connectivity index (χ2n) is 6.54. The summed E-state index contributed by atoms with van der Waals surface area (Å²) in [5, 5.41) is 7.39. The Bertz CT molecular complexity index is 193. The van der Waals surface area contributed by atoms with Gasteiger partial charge in [0.25, 0.3) is 0 Å². The summed E-state index contributed by atoms with van der Waals surface area (Å²) in [5.74, 6) is 0. The molecule has 17 heavy (non-hydrogen) atoms.